The van der Waals surface area contributed by atoms with E-state index in [1.54, 1.807) is 0 Å². The predicted octanol–water partition coefficient (Wildman–Crippen LogP) is 0.473. The van der Waals surface area contributed by atoms with E-state index in [0.717, 1.165) is 13.1 Å². The van der Waals surface area contributed by atoms with Gasteiger partial charge in [-0.15, -0.1) is 9.67 Å². The first kappa shape index (κ1) is 12.2. The molecule has 2 N–H and O–H groups in total. The van der Waals surface area contributed by atoms with Crippen LogP contribution in [-0.2, 0) is 4.79 Å². The summed E-state index contributed by atoms with van der Waals surface area (Å²) in [5.41, 5.74) is 0.303. The summed E-state index contributed by atoms with van der Waals surface area (Å²) in [6, 6.07) is 0. The number of hydrogen-bond acceptors (Lipinski definition) is 4. The first-order valence-electron chi connectivity index (χ1n) is 5.71. The number of halogens is 1. The van der Waals surface area contributed by atoms with Gasteiger partial charge in [-0.3, -0.25) is 9.59 Å². The van der Waals surface area contributed by atoms with Gasteiger partial charge in [-0.05, 0) is 0 Å². The Labute approximate surface area is 111 Å². The Morgan fingerprint density at radius 3 is 2.85 bits per heavy atom. The summed E-state index contributed by atoms with van der Waals surface area (Å²) in [6.07, 6.45) is 5.18. The molecule has 3 rings (SSSR count). The van der Waals surface area contributed by atoms with Crippen LogP contribution in [0.1, 0.15) is 17.3 Å². The number of aromatic nitrogens is 5. The molecule has 0 radical (unpaired) electrons. The lowest BCUT2D eigenvalue weighted by Gasteiger charge is -1.98. The maximum Gasteiger partial charge on any atom is 0.309 e. The van der Waals surface area contributed by atoms with E-state index in [0.29, 0.717) is 11.3 Å². The second-order valence-corrected chi connectivity index (χ2v) is 4.16. The highest BCUT2D eigenvalue weighted by Gasteiger charge is 2.24. The lowest BCUT2D eigenvalue weighted by Crippen LogP contribution is -2.33. The van der Waals surface area contributed by atoms with Gasteiger partial charge in [0.15, 0.2) is 17.9 Å². The minimum absolute atomic E-state index is 0.00577. The molecule has 3 aromatic rings. The van der Waals surface area contributed by atoms with Gasteiger partial charge >= 0.3 is 5.82 Å². The molecule has 0 saturated heterocycles. The second kappa shape index (κ2) is 4.34. The first-order valence-corrected chi connectivity index (χ1v) is 5.71. The fourth-order valence-electron chi connectivity index (χ4n) is 1.99. The van der Waals surface area contributed by atoms with Gasteiger partial charge in [0, 0.05) is 13.1 Å². The number of nitrogens with one attached hydrogen (secondary N) is 2. The number of pyridine rings is 1. The molecule has 0 unspecified atom stereocenters. The molecule has 0 fully saturated rings. The van der Waals surface area contributed by atoms with Gasteiger partial charge in [-0.1, -0.05) is 4.98 Å². The van der Waals surface area contributed by atoms with Crippen LogP contribution in [0.15, 0.2) is 25.0 Å². The van der Waals surface area contributed by atoms with Crippen molar-refractivity contribution in [2.24, 2.45) is 0 Å². The SMILES string of the molecule is CC(=O)C(=O)c1c[nH]c2c(-[n+]3cnc[nH]3)ncc(F)c12. The summed E-state index contributed by atoms with van der Waals surface area (Å²) in [6.45, 7) is 1.14. The zero-order chi connectivity index (χ0) is 14.3. The highest BCUT2D eigenvalue weighted by molar-refractivity contribution is 6.45. The van der Waals surface area contributed by atoms with E-state index < -0.39 is 17.4 Å². The maximum absolute atomic E-state index is 13.9. The van der Waals surface area contributed by atoms with E-state index in [2.05, 4.69) is 20.1 Å². The van der Waals surface area contributed by atoms with E-state index in [9.17, 15) is 14.0 Å². The summed E-state index contributed by atoms with van der Waals surface area (Å²) in [5, 5.41) is 2.81. The lowest BCUT2D eigenvalue weighted by molar-refractivity contribution is -0.658. The molecule has 0 atom stereocenters. The van der Waals surface area contributed by atoms with Gasteiger partial charge < -0.3 is 4.98 Å². The Kier molecular flexibility index (Phi) is 2.63. The van der Waals surface area contributed by atoms with Gasteiger partial charge in [0.05, 0.1) is 10.9 Å². The van der Waals surface area contributed by atoms with E-state index in [-0.39, 0.29) is 10.9 Å². The highest BCUT2D eigenvalue weighted by Crippen LogP contribution is 2.23. The average Bonchev–Trinajstić information content (AvgIpc) is 3.07. The van der Waals surface area contributed by atoms with E-state index in [1.807, 2.05) is 0 Å². The Hall–Kier alpha value is -2.90. The molecule has 7 nitrogen and oxygen atoms in total. The van der Waals surface area contributed by atoms with E-state index in [1.165, 1.54) is 23.5 Å². The third-order valence-corrected chi connectivity index (χ3v) is 2.89. The van der Waals surface area contributed by atoms with Crippen LogP contribution in [0.4, 0.5) is 4.39 Å². The van der Waals surface area contributed by atoms with Crippen LogP contribution in [0.3, 0.4) is 0 Å². The standard InChI is InChI=1S/C12H8FN5O2/c1-6(19)11(20)7-2-15-10-9(7)8(13)3-16-12(10)18-5-14-4-17-18/h2-5H,1H3,(H,15,16,20)/p+1. The minimum atomic E-state index is -0.748. The second-order valence-electron chi connectivity index (χ2n) is 4.16. The number of ketones is 2. The molecule has 0 aliphatic heterocycles. The zero-order valence-corrected chi connectivity index (χ0v) is 10.3. The van der Waals surface area contributed by atoms with E-state index in [4.69, 9.17) is 0 Å². The Morgan fingerprint density at radius 1 is 1.40 bits per heavy atom. The van der Waals surface area contributed by atoms with Crippen LogP contribution < -0.4 is 4.68 Å². The van der Waals surface area contributed by atoms with Gasteiger partial charge in [-0.25, -0.2) is 9.49 Å². The van der Waals surface area contributed by atoms with E-state index >= 15 is 0 Å². The van der Waals surface area contributed by atoms with Crippen molar-refractivity contribution in [2.75, 3.05) is 0 Å². The van der Waals surface area contributed by atoms with Gasteiger partial charge in [-0.2, -0.15) is 0 Å². The number of carbonyl (C=O) groups excluding carboxylic acids is 2. The lowest BCUT2D eigenvalue weighted by atomic mass is 10.1. The fourth-order valence-corrected chi connectivity index (χ4v) is 1.99. The van der Waals surface area contributed by atoms with Crippen LogP contribution in [-0.4, -0.2) is 31.6 Å². The zero-order valence-electron chi connectivity index (χ0n) is 10.3. The van der Waals surface area contributed by atoms with Crippen LogP contribution >= 0.6 is 0 Å². The van der Waals surface area contributed by atoms with Gasteiger partial charge in [0.25, 0.3) is 0 Å². The molecule has 0 aliphatic rings. The first-order chi connectivity index (χ1) is 9.59. The van der Waals surface area contributed by atoms with Crippen molar-refractivity contribution in [1.29, 1.82) is 0 Å². The van der Waals surface area contributed by atoms with Crippen molar-refractivity contribution in [1.82, 2.24) is 20.1 Å². The molecule has 0 bridgehead atoms. The smallest absolute Gasteiger partial charge is 0.309 e. The number of fused-ring (bicyclic) bond motifs is 1. The summed E-state index contributed by atoms with van der Waals surface area (Å²) in [7, 11) is 0. The van der Waals surface area contributed by atoms with Crippen molar-refractivity contribution < 1.29 is 18.7 Å². The summed E-state index contributed by atoms with van der Waals surface area (Å²) < 4.78 is 15.4. The number of Topliss-reactive ketones (excluding diaryl/α,β-unsaturated/α-hetero) is 2. The van der Waals surface area contributed by atoms with Crippen molar-refractivity contribution >= 4 is 22.5 Å². The molecule has 3 aromatic heterocycles. The predicted molar refractivity (Wildman–Crippen MR) is 64.7 cm³/mol. The summed E-state index contributed by atoms with van der Waals surface area (Å²) in [5.74, 6) is -1.73. The van der Waals surface area contributed by atoms with Crippen LogP contribution in [0, 0.1) is 5.82 Å². The Bertz CT molecular complexity index is 822. The normalized spacial score (nSPS) is 10.9. The average molecular weight is 274 g/mol. The highest BCUT2D eigenvalue weighted by atomic mass is 19.1. The third kappa shape index (κ3) is 1.69. The molecule has 100 valence electrons. The Morgan fingerprint density at radius 2 is 2.20 bits per heavy atom. The molecular formula is C12H9FN5O2+. The van der Waals surface area contributed by atoms with Crippen molar-refractivity contribution in [3.63, 3.8) is 0 Å². The third-order valence-electron chi connectivity index (χ3n) is 2.89. The van der Waals surface area contributed by atoms with Crippen LogP contribution in [0.25, 0.3) is 16.7 Å². The van der Waals surface area contributed by atoms with Crippen molar-refractivity contribution in [3.8, 4) is 5.82 Å². The number of aromatic amines is 2. The topological polar surface area (TPSA) is 95.4 Å². The summed E-state index contributed by atoms with van der Waals surface area (Å²) in [4.78, 5) is 33.5. The number of hydrogen-bond donors (Lipinski definition) is 2. The Balaban J connectivity index is 2.31. The maximum atomic E-state index is 13.9. The molecule has 0 aromatic carbocycles. The van der Waals surface area contributed by atoms with Crippen molar-refractivity contribution in [2.45, 2.75) is 6.92 Å². The number of carbonyl (C=O) groups is 2. The molecule has 0 spiro atoms. The number of rotatable bonds is 3. The molecule has 0 saturated carbocycles. The quantitative estimate of drug-likeness (QED) is 0.412. The number of H-pyrrole nitrogens is 2. The van der Waals surface area contributed by atoms with Crippen LogP contribution in [0.5, 0.6) is 0 Å². The molecule has 0 aliphatic carbocycles. The molecule has 8 heteroatoms. The fraction of sp³-hybridized carbons (Fsp3) is 0.0833. The van der Waals surface area contributed by atoms with Gasteiger partial charge in [0.2, 0.25) is 12.1 Å². The van der Waals surface area contributed by atoms with Crippen LogP contribution in [0.2, 0.25) is 0 Å². The molecule has 20 heavy (non-hydrogen) atoms. The molecule has 0 amide bonds. The number of nitrogens with zero attached hydrogens (tertiary/aromatic N) is 3. The monoisotopic (exact) mass is 274 g/mol. The largest absolute Gasteiger partial charge is 0.355 e. The van der Waals surface area contributed by atoms with Crippen molar-refractivity contribution in [3.05, 3.63) is 36.4 Å². The summed E-state index contributed by atoms with van der Waals surface area (Å²) >= 11 is 0. The van der Waals surface area contributed by atoms with Gasteiger partial charge in [0.1, 0.15) is 11.7 Å². The molecule has 3 heterocycles. The molecular weight excluding hydrogens is 265 g/mol. The minimum Gasteiger partial charge on any atom is -0.355 e.